The van der Waals surface area contributed by atoms with Crippen LogP contribution in [0.25, 0.3) is 10.2 Å². The monoisotopic (exact) mass is 257 g/mol. The molecular weight excluding hydrogens is 246 g/mol. The largest absolute Gasteiger partial charge is 0.395 e. The highest BCUT2D eigenvalue weighted by Crippen LogP contribution is 2.28. The van der Waals surface area contributed by atoms with E-state index in [0.717, 1.165) is 22.6 Å². The summed E-state index contributed by atoms with van der Waals surface area (Å²) in [6, 6.07) is 1.98. The highest BCUT2D eigenvalue weighted by Gasteiger charge is 2.13. The molecule has 0 aliphatic carbocycles. The maximum Gasteiger partial charge on any atom is 0.225 e. The van der Waals surface area contributed by atoms with Crippen molar-refractivity contribution in [3.05, 3.63) is 16.7 Å². The van der Waals surface area contributed by atoms with Gasteiger partial charge < -0.3 is 10.0 Å². The van der Waals surface area contributed by atoms with Crippen LogP contribution >= 0.6 is 22.9 Å². The molecule has 0 radical (unpaired) electrons. The Bertz CT molecular complexity index is 488. The lowest BCUT2D eigenvalue weighted by Crippen LogP contribution is -2.27. The number of thiophene rings is 1. The van der Waals surface area contributed by atoms with E-state index >= 15 is 0 Å². The van der Waals surface area contributed by atoms with E-state index in [0.29, 0.717) is 6.54 Å². The molecule has 16 heavy (non-hydrogen) atoms. The number of fused-ring (bicyclic) bond motifs is 1. The lowest BCUT2D eigenvalue weighted by Gasteiger charge is -2.21. The molecule has 0 saturated carbocycles. The van der Waals surface area contributed by atoms with Crippen LogP contribution < -0.4 is 4.90 Å². The fourth-order valence-electron chi connectivity index (χ4n) is 1.59. The van der Waals surface area contributed by atoms with Crippen LogP contribution in [0.15, 0.2) is 11.4 Å². The highest BCUT2D eigenvalue weighted by molar-refractivity contribution is 7.16. The van der Waals surface area contributed by atoms with Crippen LogP contribution in [0.5, 0.6) is 0 Å². The zero-order valence-electron chi connectivity index (χ0n) is 8.85. The number of nitrogens with zero attached hydrogens (tertiary/aromatic N) is 3. The normalized spacial score (nSPS) is 10.9. The molecule has 0 bridgehead atoms. The van der Waals surface area contributed by atoms with E-state index in [4.69, 9.17) is 16.7 Å². The summed E-state index contributed by atoms with van der Waals surface area (Å²) in [7, 11) is 0. The summed E-state index contributed by atoms with van der Waals surface area (Å²) in [5.41, 5.74) is 0. The molecule has 4 nitrogen and oxygen atoms in total. The van der Waals surface area contributed by atoms with Crippen molar-refractivity contribution in [1.29, 1.82) is 0 Å². The van der Waals surface area contributed by atoms with Crippen molar-refractivity contribution in [2.75, 3.05) is 24.6 Å². The Morgan fingerprint density at radius 3 is 3.00 bits per heavy atom. The van der Waals surface area contributed by atoms with Gasteiger partial charge in [0.05, 0.1) is 12.0 Å². The zero-order valence-corrected chi connectivity index (χ0v) is 10.4. The number of aliphatic hydroxyl groups is 1. The molecule has 2 aromatic rings. The lowest BCUT2D eigenvalue weighted by atomic mass is 10.3. The molecule has 0 spiro atoms. The Morgan fingerprint density at radius 1 is 1.50 bits per heavy atom. The van der Waals surface area contributed by atoms with Gasteiger partial charge in [-0.15, -0.1) is 11.3 Å². The quantitative estimate of drug-likeness (QED) is 0.853. The van der Waals surface area contributed by atoms with Gasteiger partial charge in [0, 0.05) is 13.1 Å². The Kier molecular flexibility index (Phi) is 3.58. The van der Waals surface area contributed by atoms with Gasteiger partial charge in [0.1, 0.15) is 10.6 Å². The lowest BCUT2D eigenvalue weighted by molar-refractivity contribution is 0.302. The molecule has 2 heterocycles. The van der Waals surface area contributed by atoms with Gasteiger partial charge in [0.25, 0.3) is 0 Å². The Hall–Kier alpha value is -0.910. The Labute approximate surface area is 103 Å². The van der Waals surface area contributed by atoms with E-state index in [1.165, 1.54) is 11.3 Å². The van der Waals surface area contributed by atoms with Gasteiger partial charge in [-0.2, -0.15) is 4.98 Å². The third kappa shape index (κ3) is 2.11. The van der Waals surface area contributed by atoms with Gasteiger partial charge in [0.15, 0.2) is 0 Å². The molecule has 0 aliphatic heterocycles. The average molecular weight is 258 g/mol. The van der Waals surface area contributed by atoms with E-state index in [9.17, 15) is 0 Å². The number of hydrogen-bond donors (Lipinski definition) is 1. The Morgan fingerprint density at radius 2 is 2.31 bits per heavy atom. The summed E-state index contributed by atoms with van der Waals surface area (Å²) < 4.78 is 0. The molecular formula is C10H12ClN3OS. The van der Waals surface area contributed by atoms with Crippen LogP contribution in [-0.2, 0) is 0 Å². The second-order valence-corrected chi connectivity index (χ2v) is 4.49. The van der Waals surface area contributed by atoms with Crippen molar-refractivity contribution < 1.29 is 5.11 Å². The predicted octanol–water partition coefficient (Wildman–Crippen LogP) is 2.16. The Balaban J connectivity index is 2.52. The smallest absolute Gasteiger partial charge is 0.225 e. The molecule has 86 valence electrons. The van der Waals surface area contributed by atoms with Crippen LogP contribution in [0.3, 0.4) is 0 Å². The number of rotatable bonds is 4. The summed E-state index contributed by atoms with van der Waals surface area (Å²) >= 11 is 7.41. The number of hydrogen-bond acceptors (Lipinski definition) is 5. The van der Waals surface area contributed by atoms with Crippen LogP contribution in [0.4, 0.5) is 5.82 Å². The van der Waals surface area contributed by atoms with Gasteiger partial charge in [-0.1, -0.05) is 0 Å². The minimum absolute atomic E-state index is 0.0983. The number of halogens is 1. The van der Waals surface area contributed by atoms with Crippen LogP contribution in [-0.4, -0.2) is 34.8 Å². The maximum absolute atomic E-state index is 9.01. The van der Waals surface area contributed by atoms with Crippen LogP contribution in [0.2, 0.25) is 5.28 Å². The third-order valence-electron chi connectivity index (χ3n) is 2.33. The second-order valence-electron chi connectivity index (χ2n) is 3.26. The van der Waals surface area contributed by atoms with Crippen LogP contribution in [0.1, 0.15) is 6.92 Å². The molecule has 2 rings (SSSR count). The van der Waals surface area contributed by atoms with Gasteiger partial charge in [-0.25, -0.2) is 4.98 Å². The summed E-state index contributed by atoms with van der Waals surface area (Å²) in [5.74, 6) is 0.799. The molecule has 6 heteroatoms. The first-order valence-corrected chi connectivity index (χ1v) is 6.28. The van der Waals surface area contributed by atoms with Crippen molar-refractivity contribution in [2.24, 2.45) is 0 Å². The predicted molar refractivity (Wildman–Crippen MR) is 67.4 cm³/mol. The summed E-state index contributed by atoms with van der Waals surface area (Å²) in [5, 5.41) is 12.2. The first-order chi connectivity index (χ1) is 7.76. The topological polar surface area (TPSA) is 49.2 Å². The molecule has 2 aromatic heterocycles. The van der Waals surface area contributed by atoms with Crippen molar-refractivity contribution in [2.45, 2.75) is 6.92 Å². The van der Waals surface area contributed by atoms with Crippen molar-refractivity contribution in [3.63, 3.8) is 0 Å². The standard InChI is InChI=1S/C10H12ClN3OS/c1-2-14(4-5-15)8-7-3-6-16-9(7)13-10(11)12-8/h3,6,15H,2,4-5H2,1H3. The van der Waals surface area contributed by atoms with Gasteiger partial charge in [-0.3, -0.25) is 0 Å². The fraction of sp³-hybridized carbons (Fsp3) is 0.400. The molecule has 0 saturated heterocycles. The number of aliphatic hydroxyl groups excluding tert-OH is 1. The summed E-state index contributed by atoms with van der Waals surface area (Å²) in [6.45, 7) is 3.44. The molecule has 0 aromatic carbocycles. The van der Waals surface area contributed by atoms with Gasteiger partial charge >= 0.3 is 0 Å². The van der Waals surface area contributed by atoms with E-state index in [-0.39, 0.29) is 11.9 Å². The first kappa shape index (κ1) is 11.6. The van der Waals surface area contributed by atoms with Gasteiger partial charge in [-0.05, 0) is 30.0 Å². The minimum Gasteiger partial charge on any atom is -0.395 e. The fourth-order valence-corrected chi connectivity index (χ4v) is 2.56. The maximum atomic E-state index is 9.01. The molecule has 0 unspecified atom stereocenters. The highest BCUT2D eigenvalue weighted by atomic mass is 35.5. The number of anilines is 1. The molecule has 1 N–H and O–H groups in total. The SMILES string of the molecule is CCN(CCO)c1nc(Cl)nc2sccc12. The second kappa shape index (κ2) is 4.95. The third-order valence-corrected chi connectivity index (χ3v) is 3.30. The zero-order chi connectivity index (χ0) is 11.5. The first-order valence-electron chi connectivity index (χ1n) is 5.02. The minimum atomic E-state index is 0.0983. The number of aromatic nitrogens is 2. The summed E-state index contributed by atoms with van der Waals surface area (Å²) in [6.07, 6.45) is 0. The summed E-state index contributed by atoms with van der Waals surface area (Å²) in [4.78, 5) is 11.3. The van der Waals surface area contributed by atoms with E-state index in [1.54, 1.807) is 0 Å². The van der Waals surface area contributed by atoms with Crippen molar-refractivity contribution in [1.82, 2.24) is 9.97 Å². The van der Waals surface area contributed by atoms with Crippen molar-refractivity contribution in [3.8, 4) is 0 Å². The van der Waals surface area contributed by atoms with Gasteiger partial charge in [0.2, 0.25) is 5.28 Å². The van der Waals surface area contributed by atoms with Crippen LogP contribution in [0, 0.1) is 0 Å². The van der Waals surface area contributed by atoms with E-state index in [1.807, 2.05) is 23.3 Å². The molecule has 0 fully saturated rings. The van der Waals surface area contributed by atoms with E-state index in [2.05, 4.69) is 9.97 Å². The van der Waals surface area contributed by atoms with E-state index < -0.39 is 0 Å². The van der Waals surface area contributed by atoms with Crippen molar-refractivity contribution >= 4 is 39.0 Å². The molecule has 0 amide bonds. The number of likely N-dealkylation sites (N-methyl/N-ethyl adjacent to an activating group) is 1. The molecule has 0 atom stereocenters. The molecule has 0 aliphatic rings. The average Bonchev–Trinajstić information content (AvgIpc) is 2.72.